The highest BCUT2D eigenvalue weighted by molar-refractivity contribution is 5.83. The second kappa shape index (κ2) is 8.83. The fourth-order valence-electron chi connectivity index (χ4n) is 3.40. The molecule has 1 fully saturated rings. The fraction of sp³-hybridized carbons (Fsp3) is 0.500. The van der Waals surface area contributed by atoms with Crippen LogP contribution in [0.4, 0.5) is 11.8 Å². The molecule has 2 aliphatic rings. The molecule has 0 bridgehead atoms. The van der Waals surface area contributed by atoms with Gasteiger partial charge in [0.15, 0.2) is 23.8 Å². The highest BCUT2D eigenvalue weighted by atomic mass is 16.6. The van der Waals surface area contributed by atoms with Crippen molar-refractivity contribution in [3.05, 3.63) is 18.7 Å². The van der Waals surface area contributed by atoms with Crippen molar-refractivity contribution >= 4 is 35.1 Å². The molecule has 166 valence electrons. The summed E-state index contributed by atoms with van der Waals surface area (Å²) in [6, 6.07) is 0. The van der Waals surface area contributed by atoms with Crippen LogP contribution in [0.2, 0.25) is 0 Å². The normalized spacial score (nSPS) is 28.2. The fourth-order valence-corrected chi connectivity index (χ4v) is 3.40. The number of anilines is 2. The summed E-state index contributed by atoms with van der Waals surface area (Å²) in [5.41, 5.74) is 9.22. The Morgan fingerprint density at radius 1 is 1.42 bits per heavy atom. The minimum atomic E-state index is -1.42. The van der Waals surface area contributed by atoms with Crippen molar-refractivity contribution in [1.29, 1.82) is 0 Å². The Hall–Kier alpha value is -3.29. The van der Waals surface area contributed by atoms with Gasteiger partial charge in [-0.05, 0) is 25.8 Å². The monoisotopic (exact) mass is 432 g/mol. The van der Waals surface area contributed by atoms with Gasteiger partial charge in [-0.15, -0.1) is 0 Å². The van der Waals surface area contributed by atoms with Crippen LogP contribution in [0.1, 0.15) is 26.0 Å². The van der Waals surface area contributed by atoms with E-state index in [1.807, 2.05) is 6.08 Å². The average molecular weight is 432 g/mol. The summed E-state index contributed by atoms with van der Waals surface area (Å²) >= 11 is 0. The number of hydrogen-bond donors (Lipinski definition) is 5. The molecule has 0 radical (unpaired) electrons. The first-order chi connectivity index (χ1) is 15.0. The third-order valence-electron chi connectivity index (χ3n) is 4.94. The van der Waals surface area contributed by atoms with Gasteiger partial charge in [0, 0.05) is 6.54 Å². The van der Waals surface area contributed by atoms with Crippen LogP contribution in [-0.4, -0.2) is 72.8 Å². The molecule has 0 aromatic carbocycles. The number of allylic oxidation sites excluding steroid dienone is 1. The summed E-state index contributed by atoms with van der Waals surface area (Å²) in [4.78, 5) is 24.8. The first kappa shape index (κ1) is 21.0. The number of imidazole rings is 1. The van der Waals surface area contributed by atoms with E-state index in [0.717, 1.165) is 12.8 Å². The number of rotatable bonds is 6. The van der Waals surface area contributed by atoms with Gasteiger partial charge in [-0.25, -0.2) is 10.4 Å². The predicted octanol–water partition coefficient (Wildman–Crippen LogP) is -0.746. The van der Waals surface area contributed by atoms with Crippen molar-refractivity contribution < 1.29 is 24.5 Å². The number of aliphatic hydroxyl groups excluding tert-OH is 2. The van der Waals surface area contributed by atoms with E-state index in [1.54, 1.807) is 19.4 Å². The number of hydrazone groups is 1. The van der Waals surface area contributed by atoms with E-state index in [4.69, 9.17) is 15.2 Å². The molecule has 0 aliphatic carbocycles. The Morgan fingerprint density at radius 2 is 2.26 bits per heavy atom. The van der Waals surface area contributed by atoms with Crippen LogP contribution in [0.25, 0.3) is 11.2 Å². The zero-order valence-corrected chi connectivity index (χ0v) is 16.8. The molecular weight excluding hydrogens is 408 g/mol. The lowest BCUT2D eigenvalue weighted by Gasteiger charge is -2.16. The predicted molar refractivity (Wildman–Crippen MR) is 110 cm³/mol. The molecule has 0 spiro atoms. The van der Waals surface area contributed by atoms with Gasteiger partial charge in [0.2, 0.25) is 5.95 Å². The van der Waals surface area contributed by atoms with Crippen molar-refractivity contribution in [3.8, 4) is 0 Å². The topological polar surface area (TPSA) is 182 Å². The highest BCUT2D eigenvalue weighted by Crippen LogP contribution is 2.32. The molecule has 2 aromatic heterocycles. The van der Waals surface area contributed by atoms with Crippen molar-refractivity contribution in [2.24, 2.45) is 5.10 Å². The van der Waals surface area contributed by atoms with E-state index < -0.39 is 30.4 Å². The molecular formula is C18H24N8O5. The SMILES string of the molecule is CCNC(=O)[C@H]1O[C@@H](n2cnc3c(N)nc(N/N=C/[C@@H]4CCC=CO4)nc32)[C@H](O)[C@@H]1O. The molecule has 2 aromatic rings. The van der Waals surface area contributed by atoms with Crippen molar-refractivity contribution in [1.82, 2.24) is 24.8 Å². The average Bonchev–Trinajstić information content (AvgIpc) is 3.31. The number of fused-ring (bicyclic) bond motifs is 1. The summed E-state index contributed by atoms with van der Waals surface area (Å²) in [6.45, 7) is 2.10. The molecule has 6 N–H and O–H groups in total. The first-order valence-electron chi connectivity index (χ1n) is 9.88. The molecule has 13 nitrogen and oxygen atoms in total. The van der Waals surface area contributed by atoms with Gasteiger partial charge in [0.1, 0.15) is 23.8 Å². The number of hydrogen-bond acceptors (Lipinski definition) is 11. The maximum atomic E-state index is 12.1. The van der Waals surface area contributed by atoms with E-state index in [9.17, 15) is 15.0 Å². The summed E-state index contributed by atoms with van der Waals surface area (Å²) in [5, 5.41) is 27.4. The van der Waals surface area contributed by atoms with Crippen LogP contribution in [0.5, 0.6) is 0 Å². The van der Waals surface area contributed by atoms with Crippen LogP contribution >= 0.6 is 0 Å². The molecule has 0 saturated carbocycles. The molecule has 13 heteroatoms. The van der Waals surface area contributed by atoms with E-state index in [1.165, 1.54) is 10.9 Å². The Labute approximate surface area is 177 Å². The number of aromatic nitrogens is 4. The van der Waals surface area contributed by atoms with Gasteiger partial charge < -0.3 is 30.7 Å². The van der Waals surface area contributed by atoms with Gasteiger partial charge in [-0.2, -0.15) is 15.1 Å². The molecule has 31 heavy (non-hydrogen) atoms. The lowest BCUT2D eigenvalue weighted by Crippen LogP contribution is -2.42. The van der Waals surface area contributed by atoms with Crippen molar-refractivity contribution in [2.75, 3.05) is 17.7 Å². The standard InChI is InChI=1S/C18H24N8O5/c1-2-20-16(29)13-11(27)12(28)17(31-13)26-8-21-10-14(19)23-18(24-15(10)26)25-22-7-9-5-3-4-6-30-9/h4,6-9,11-13,17,27-28H,2-3,5H2,1H3,(H,20,29)(H3,19,23,24,25)/b22-7+/t9-,11-,12+,13-,17+/m0/s1. The van der Waals surface area contributed by atoms with Gasteiger partial charge in [-0.1, -0.05) is 0 Å². The Morgan fingerprint density at radius 3 is 3.00 bits per heavy atom. The lowest BCUT2D eigenvalue weighted by molar-refractivity contribution is -0.137. The van der Waals surface area contributed by atoms with Crippen molar-refractivity contribution in [2.45, 2.75) is 50.4 Å². The number of nitrogen functional groups attached to an aromatic ring is 1. The minimum Gasteiger partial charge on any atom is -0.493 e. The second-order valence-electron chi connectivity index (χ2n) is 7.09. The first-order valence-corrected chi connectivity index (χ1v) is 9.88. The number of ether oxygens (including phenoxy) is 2. The third-order valence-corrected chi connectivity index (χ3v) is 4.94. The number of carbonyl (C=O) groups is 1. The number of carbonyl (C=O) groups excluding carboxylic acids is 1. The van der Waals surface area contributed by atoms with Crippen LogP contribution < -0.4 is 16.5 Å². The van der Waals surface area contributed by atoms with Crippen LogP contribution in [0.3, 0.4) is 0 Å². The van der Waals surface area contributed by atoms with Crippen LogP contribution in [0.15, 0.2) is 23.8 Å². The van der Waals surface area contributed by atoms with Crippen molar-refractivity contribution in [3.63, 3.8) is 0 Å². The second-order valence-corrected chi connectivity index (χ2v) is 7.09. The number of nitrogens with zero attached hydrogens (tertiary/aromatic N) is 5. The van der Waals surface area contributed by atoms with Gasteiger partial charge in [-0.3, -0.25) is 9.36 Å². The molecule has 4 heterocycles. The van der Waals surface area contributed by atoms with E-state index in [0.29, 0.717) is 6.54 Å². The molecule has 4 rings (SSSR count). The number of aliphatic hydroxyl groups is 2. The molecule has 0 unspecified atom stereocenters. The minimum absolute atomic E-state index is 0.0895. The van der Waals surface area contributed by atoms with Crippen LogP contribution in [0, 0.1) is 0 Å². The zero-order chi connectivity index (χ0) is 22.0. The molecule has 1 saturated heterocycles. The molecule has 5 atom stereocenters. The quantitative estimate of drug-likeness (QED) is 0.288. The van der Waals surface area contributed by atoms with E-state index in [2.05, 4.69) is 30.8 Å². The molecule has 1 amide bonds. The van der Waals surface area contributed by atoms with Gasteiger partial charge >= 0.3 is 0 Å². The summed E-state index contributed by atoms with van der Waals surface area (Å²) < 4.78 is 12.4. The summed E-state index contributed by atoms with van der Waals surface area (Å²) in [5.74, 6) is -0.333. The van der Waals surface area contributed by atoms with Crippen LogP contribution in [-0.2, 0) is 14.3 Å². The third kappa shape index (κ3) is 4.15. The molecule has 2 aliphatic heterocycles. The van der Waals surface area contributed by atoms with Gasteiger partial charge in [0.25, 0.3) is 5.91 Å². The number of nitrogens with one attached hydrogen (secondary N) is 2. The largest absolute Gasteiger partial charge is 0.493 e. The zero-order valence-electron chi connectivity index (χ0n) is 16.8. The van der Waals surface area contributed by atoms with E-state index in [-0.39, 0.29) is 29.0 Å². The maximum absolute atomic E-state index is 12.1. The lowest BCUT2D eigenvalue weighted by atomic mass is 10.1. The summed E-state index contributed by atoms with van der Waals surface area (Å²) in [7, 11) is 0. The summed E-state index contributed by atoms with van der Waals surface area (Å²) in [6.07, 6.45) is 2.95. The Bertz CT molecular complexity index is 1010. The maximum Gasteiger partial charge on any atom is 0.252 e. The van der Waals surface area contributed by atoms with Gasteiger partial charge in [0.05, 0.1) is 18.8 Å². The number of likely N-dealkylation sites (N-methyl/N-ethyl adjacent to an activating group) is 1. The smallest absolute Gasteiger partial charge is 0.252 e. The highest BCUT2D eigenvalue weighted by Gasteiger charge is 2.47. The number of nitrogens with two attached hydrogens (primary N) is 1. The number of amides is 1. The van der Waals surface area contributed by atoms with E-state index >= 15 is 0 Å². The Kier molecular flexibility index (Phi) is 5.97. The Balaban J connectivity index is 1.57.